The lowest BCUT2D eigenvalue weighted by Gasteiger charge is -2.02. The first kappa shape index (κ1) is 16.6. The Labute approximate surface area is 148 Å². The van der Waals surface area contributed by atoms with Crippen molar-refractivity contribution in [1.29, 1.82) is 0 Å². The highest BCUT2D eigenvalue weighted by atomic mass is 35.5. The highest BCUT2D eigenvalue weighted by Crippen LogP contribution is 2.19. The van der Waals surface area contributed by atoms with Gasteiger partial charge in [0.25, 0.3) is 0 Å². The molecule has 0 saturated carbocycles. The molecule has 24 heavy (non-hydrogen) atoms. The Morgan fingerprint density at radius 2 is 2.00 bits per heavy atom. The zero-order valence-electron chi connectivity index (χ0n) is 12.7. The Balaban J connectivity index is 1.44. The number of aromatic nitrogens is 1. The number of rotatable bonds is 6. The molecule has 1 aromatic heterocycles. The second-order valence-corrected chi connectivity index (χ2v) is 6.55. The van der Waals surface area contributed by atoms with Crippen LogP contribution < -0.4 is 5.32 Å². The predicted octanol–water partition coefficient (Wildman–Crippen LogP) is 4.40. The first-order chi connectivity index (χ1) is 11.7. The van der Waals surface area contributed by atoms with Crippen molar-refractivity contribution in [3.63, 3.8) is 0 Å². The molecule has 0 atom stereocenters. The molecule has 0 aliphatic carbocycles. The van der Waals surface area contributed by atoms with E-state index in [1.807, 2.05) is 48.5 Å². The van der Waals surface area contributed by atoms with Gasteiger partial charge in [0.2, 0.25) is 11.8 Å². The Kier molecular flexibility index (Phi) is 5.56. The van der Waals surface area contributed by atoms with E-state index in [2.05, 4.69) is 10.3 Å². The van der Waals surface area contributed by atoms with E-state index in [-0.39, 0.29) is 5.91 Å². The maximum absolute atomic E-state index is 11.8. The third kappa shape index (κ3) is 4.63. The van der Waals surface area contributed by atoms with Gasteiger partial charge in [-0.05, 0) is 36.4 Å². The van der Waals surface area contributed by atoms with E-state index in [0.29, 0.717) is 18.0 Å². The van der Waals surface area contributed by atoms with Crippen molar-refractivity contribution in [1.82, 2.24) is 10.3 Å². The van der Waals surface area contributed by atoms with Crippen LogP contribution in [0.3, 0.4) is 0 Å². The van der Waals surface area contributed by atoms with Crippen molar-refractivity contribution in [3.8, 4) is 0 Å². The van der Waals surface area contributed by atoms with Crippen LogP contribution in [0.15, 0.2) is 63.9 Å². The van der Waals surface area contributed by atoms with E-state index in [1.54, 1.807) is 17.8 Å². The topological polar surface area (TPSA) is 55.1 Å². The molecule has 1 N–H and O–H groups in total. The minimum absolute atomic E-state index is 0.172. The van der Waals surface area contributed by atoms with Crippen molar-refractivity contribution < 1.29 is 9.21 Å². The normalized spacial score (nSPS) is 11.2. The fraction of sp³-hybridized carbons (Fsp3) is 0.111. The van der Waals surface area contributed by atoms with Crippen LogP contribution in [0.4, 0.5) is 0 Å². The molecule has 4 nitrogen and oxygen atoms in total. The number of carbonyl (C=O) groups excluding carboxylic acids is 1. The minimum Gasteiger partial charge on any atom is -0.437 e. The molecule has 1 heterocycles. The maximum atomic E-state index is 11.8. The lowest BCUT2D eigenvalue weighted by atomic mass is 10.3. The molecule has 3 aromatic rings. The van der Waals surface area contributed by atoms with Gasteiger partial charge in [-0.3, -0.25) is 4.79 Å². The summed E-state index contributed by atoms with van der Waals surface area (Å²) in [6.07, 6.45) is 3.00. The fourth-order valence-electron chi connectivity index (χ4n) is 2.04. The summed E-state index contributed by atoms with van der Waals surface area (Å²) in [5.41, 5.74) is 1.48. The summed E-state index contributed by atoms with van der Waals surface area (Å²) >= 11 is 7.50. The number of oxazole rings is 1. The number of para-hydroxylation sites is 2. The SMILES string of the molecule is O=C(/C=C/c1nc2ccccc2o1)NCCSc1ccc(Cl)cc1. The number of halogens is 1. The van der Waals surface area contributed by atoms with Crippen LogP contribution in [0.1, 0.15) is 5.89 Å². The van der Waals surface area contributed by atoms with Crippen LogP contribution in [0, 0.1) is 0 Å². The van der Waals surface area contributed by atoms with E-state index < -0.39 is 0 Å². The standard InChI is InChI=1S/C18H15ClN2O2S/c19-13-5-7-14(8-6-13)24-12-11-20-17(22)9-10-18-21-15-3-1-2-4-16(15)23-18/h1-10H,11-12H2,(H,20,22)/b10-9+. The molecule has 2 aromatic carbocycles. The van der Waals surface area contributed by atoms with Gasteiger partial charge in [-0.2, -0.15) is 0 Å². The molecular weight excluding hydrogens is 344 g/mol. The molecule has 0 spiro atoms. The number of nitrogens with one attached hydrogen (secondary N) is 1. The minimum atomic E-state index is -0.172. The van der Waals surface area contributed by atoms with Crippen molar-refractivity contribution in [2.45, 2.75) is 4.90 Å². The third-order valence-electron chi connectivity index (χ3n) is 3.17. The summed E-state index contributed by atoms with van der Waals surface area (Å²) in [4.78, 5) is 17.2. The Bertz CT molecular complexity index is 826. The molecular formula is C18H15ClN2O2S. The fourth-order valence-corrected chi connectivity index (χ4v) is 2.94. The van der Waals surface area contributed by atoms with Crippen LogP contribution in [-0.4, -0.2) is 23.2 Å². The van der Waals surface area contributed by atoms with Gasteiger partial charge in [-0.15, -0.1) is 11.8 Å². The average Bonchev–Trinajstić information content (AvgIpc) is 3.01. The largest absolute Gasteiger partial charge is 0.437 e. The highest BCUT2D eigenvalue weighted by Gasteiger charge is 2.02. The molecule has 0 unspecified atom stereocenters. The molecule has 3 rings (SSSR count). The van der Waals surface area contributed by atoms with Gasteiger partial charge >= 0.3 is 0 Å². The monoisotopic (exact) mass is 358 g/mol. The summed E-state index contributed by atoms with van der Waals surface area (Å²) in [7, 11) is 0. The van der Waals surface area contributed by atoms with Gasteiger partial charge in [0.05, 0.1) is 0 Å². The second-order valence-electron chi connectivity index (χ2n) is 4.95. The number of benzene rings is 2. The lowest BCUT2D eigenvalue weighted by molar-refractivity contribution is -0.116. The molecule has 0 fully saturated rings. The van der Waals surface area contributed by atoms with Crippen LogP contribution >= 0.6 is 23.4 Å². The number of hydrogen-bond donors (Lipinski definition) is 1. The molecule has 122 valence electrons. The van der Waals surface area contributed by atoms with Crippen LogP contribution in [0.25, 0.3) is 17.2 Å². The van der Waals surface area contributed by atoms with Gasteiger partial charge in [-0.25, -0.2) is 4.98 Å². The first-order valence-corrected chi connectivity index (χ1v) is 8.77. The zero-order valence-corrected chi connectivity index (χ0v) is 14.3. The van der Waals surface area contributed by atoms with Gasteiger partial charge in [0.15, 0.2) is 5.58 Å². The lowest BCUT2D eigenvalue weighted by Crippen LogP contribution is -2.23. The molecule has 0 radical (unpaired) electrons. The average molecular weight is 359 g/mol. The van der Waals surface area contributed by atoms with Crippen LogP contribution in [0.2, 0.25) is 5.02 Å². The molecule has 1 amide bonds. The molecule has 0 aliphatic rings. The quantitative estimate of drug-likeness (QED) is 0.403. The van der Waals surface area contributed by atoms with E-state index >= 15 is 0 Å². The smallest absolute Gasteiger partial charge is 0.244 e. The summed E-state index contributed by atoms with van der Waals surface area (Å²) < 4.78 is 5.52. The number of amides is 1. The Morgan fingerprint density at radius 3 is 2.79 bits per heavy atom. The number of fused-ring (bicyclic) bond motifs is 1. The number of carbonyl (C=O) groups is 1. The Morgan fingerprint density at radius 1 is 1.21 bits per heavy atom. The number of thioether (sulfide) groups is 1. The van der Waals surface area contributed by atoms with Gasteiger partial charge in [0.1, 0.15) is 5.52 Å². The summed E-state index contributed by atoms with van der Waals surface area (Å²) in [5, 5.41) is 3.55. The maximum Gasteiger partial charge on any atom is 0.244 e. The number of hydrogen-bond acceptors (Lipinski definition) is 4. The zero-order chi connectivity index (χ0) is 16.8. The second kappa shape index (κ2) is 8.04. The van der Waals surface area contributed by atoms with Crippen molar-refractivity contribution in [3.05, 3.63) is 65.5 Å². The molecule has 0 aliphatic heterocycles. The van der Waals surface area contributed by atoms with E-state index in [1.165, 1.54) is 6.08 Å². The van der Waals surface area contributed by atoms with Crippen LogP contribution in [-0.2, 0) is 4.79 Å². The van der Waals surface area contributed by atoms with Crippen LogP contribution in [0.5, 0.6) is 0 Å². The molecule has 6 heteroatoms. The van der Waals surface area contributed by atoms with Crippen molar-refractivity contribution in [2.75, 3.05) is 12.3 Å². The molecule has 0 bridgehead atoms. The Hall–Kier alpha value is -2.24. The highest BCUT2D eigenvalue weighted by molar-refractivity contribution is 7.99. The summed E-state index contributed by atoms with van der Waals surface area (Å²) in [5.74, 6) is 1.03. The van der Waals surface area contributed by atoms with Crippen molar-refractivity contribution in [2.24, 2.45) is 0 Å². The predicted molar refractivity (Wildman–Crippen MR) is 98.2 cm³/mol. The van der Waals surface area contributed by atoms with E-state index in [9.17, 15) is 4.79 Å². The van der Waals surface area contributed by atoms with E-state index in [4.69, 9.17) is 16.0 Å². The third-order valence-corrected chi connectivity index (χ3v) is 4.44. The summed E-state index contributed by atoms with van der Waals surface area (Å²) in [6, 6.07) is 15.1. The number of nitrogens with zero attached hydrogens (tertiary/aromatic N) is 1. The van der Waals surface area contributed by atoms with Gasteiger partial charge in [0, 0.05) is 34.4 Å². The first-order valence-electron chi connectivity index (χ1n) is 7.40. The van der Waals surface area contributed by atoms with E-state index in [0.717, 1.165) is 21.2 Å². The van der Waals surface area contributed by atoms with Gasteiger partial charge in [-0.1, -0.05) is 23.7 Å². The van der Waals surface area contributed by atoms with Crippen molar-refractivity contribution >= 4 is 46.4 Å². The molecule has 0 saturated heterocycles. The summed E-state index contributed by atoms with van der Waals surface area (Å²) in [6.45, 7) is 0.573. The van der Waals surface area contributed by atoms with Gasteiger partial charge < -0.3 is 9.73 Å².